The van der Waals surface area contributed by atoms with Crippen molar-refractivity contribution in [1.82, 2.24) is 9.38 Å². The molecule has 1 aliphatic heterocycles. The first-order valence-corrected chi connectivity index (χ1v) is 9.76. The Morgan fingerprint density at radius 3 is 2.83 bits per heavy atom. The number of hydrogen-bond acceptors (Lipinski definition) is 6. The summed E-state index contributed by atoms with van der Waals surface area (Å²) in [6, 6.07) is 3.55. The van der Waals surface area contributed by atoms with Gasteiger partial charge < -0.3 is 10.6 Å². The van der Waals surface area contributed by atoms with Crippen molar-refractivity contribution in [2.24, 2.45) is 5.73 Å². The monoisotopic (exact) mass is 369 g/mol. The predicted molar refractivity (Wildman–Crippen MR) is 96.9 cm³/mol. The highest BCUT2D eigenvalue weighted by Gasteiger charge is 2.32. The van der Waals surface area contributed by atoms with Gasteiger partial charge in [-0.1, -0.05) is 11.6 Å². The lowest BCUT2D eigenvalue weighted by molar-refractivity contribution is 0.461. The molecule has 3 heterocycles. The molecule has 4 N–H and O–H groups in total. The van der Waals surface area contributed by atoms with Crippen molar-refractivity contribution >= 4 is 33.5 Å². The van der Waals surface area contributed by atoms with Gasteiger partial charge in [0.05, 0.1) is 16.0 Å². The topological polar surface area (TPSA) is 111 Å². The maximum Gasteiger partial charge on any atom is 0.167 e. The van der Waals surface area contributed by atoms with Crippen molar-refractivity contribution in [3.63, 3.8) is 0 Å². The summed E-state index contributed by atoms with van der Waals surface area (Å²) >= 11 is 6.35. The molecule has 0 aromatic carbocycles. The number of imidazole rings is 1. The van der Waals surface area contributed by atoms with Crippen LogP contribution in [0, 0.1) is 11.3 Å². The highest BCUT2D eigenvalue weighted by Crippen LogP contribution is 2.48. The standard InChI is InChI=1S/C15H20ClN5O2S/c1-9-7-20(3-4-24(9,22)23)15-11(10(2)18)5-12(16)14-13(6-17)19-8-21(14)15/h5,8-10,22-23H,3-4,7,18H2,1-2H3. The van der Waals surface area contributed by atoms with E-state index in [0.717, 1.165) is 11.4 Å². The van der Waals surface area contributed by atoms with Gasteiger partial charge >= 0.3 is 0 Å². The molecule has 2 unspecified atom stereocenters. The number of rotatable bonds is 2. The van der Waals surface area contributed by atoms with Gasteiger partial charge in [0, 0.05) is 24.7 Å². The van der Waals surface area contributed by atoms with Crippen LogP contribution in [0.3, 0.4) is 0 Å². The number of halogens is 1. The molecular weight excluding hydrogens is 350 g/mol. The van der Waals surface area contributed by atoms with Gasteiger partial charge in [-0.15, -0.1) is 0 Å². The average Bonchev–Trinajstić information content (AvgIpc) is 2.94. The quantitative estimate of drug-likeness (QED) is 0.750. The molecule has 2 aromatic heterocycles. The van der Waals surface area contributed by atoms with Crippen molar-refractivity contribution in [3.8, 4) is 6.07 Å². The molecule has 0 radical (unpaired) electrons. The van der Waals surface area contributed by atoms with Crippen LogP contribution in [0.2, 0.25) is 5.02 Å². The van der Waals surface area contributed by atoms with Crippen LogP contribution in [-0.4, -0.2) is 42.6 Å². The van der Waals surface area contributed by atoms with Crippen LogP contribution in [0.25, 0.3) is 5.52 Å². The number of nitrogens with zero attached hydrogens (tertiary/aromatic N) is 4. The summed E-state index contributed by atoms with van der Waals surface area (Å²) < 4.78 is 22.0. The van der Waals surface area contributed by atoms with E-state index < -0.39 is 10.6 Å². The third-order valence-electron chi connectivity index (χ3n) is 4.44. The van der Waals surface area contributed by atoms with Crippen molar-refractivity contribution in [2.75, 3.05) is 23.7 Å². The Bertz CT molecular complexity index is 829. The minimum atomic E-state index is -2.57. The molecule has 2 aromatic rings. The Balaban J connectivity index is 2.19. The van der Waals surface area contributed by atoms with Gasteiger partial charge in [-0.3, -0.25) is 13.5 Å². The summed E-state index contributed by atoms with van der Waals surface area (Å²) in [4.78, 5) is 6.20. The molecule has 0 bridgehead atoms. The molecule has 7 nitrogen and oxygen atoms in total. The lowest BCUT2D eigenvalue weighted by atomic mass is 10.1. The molecule has 24 heavy (non-hydrogen) atoms. The number of nitrogens with two attached hydrogens (primary N) is 1. The fraction of sp³-hybridized carbons (Fsp3) is 0.467. The molecule has 0 aliphatic carbocycles. The van der Waals surface area contributed by atoms with Gasteiger partial charge in [-0.05, 0) is 19.9 Å². The maximum absolute atomic E-state index is 10.1. The van der Waals surface area contributed by atoms with Crippen molar-refractivity contribution in [3.05, 3.63) is 28.7 Å². The zero-order chi connectivity index (χ0) is 17.6. The van der Waals surface area contributed by atoms with E-state index in [9.17, 15) is 14.4 Å². The van der Waals surface area contributed by atoms with E-state index in [4.69, 9.17) is 17.3 Å². The number of anilines is 1. The van der Waals surface area contributed by atoms with Crippen molar-refractivity contribution in [2.45, 2.75) is 25.1 Å². The molecule has 9 heteroatoms. The number of nitriles is 1. The number of fused-ring (bicyclic) bond motifs is 1. The smallest absolute Gasteiger partial charge is 0.167 e. The molecule has 1 saturated heterocycles. The summed E-state index contributed by atoms with van der Waals surface area (Å²) in [6.45, 7) is 4.67. The Kier molecular flexibility index (Phi) is 4.40. The van der Waals surface area contributed by atoms with Gasteiger partial charge in [0.15, 0.2) is 5.69 Å². The highest BCUT2D eigenvalue weighted by molar-refractivity contribution is 8.24. The van der Waals surface area contributed by atoms with E-state index in [2.05, 4.69) is 9.88 Å². The Morgan fingerprint density at radius 2 is 2.25 bits per heavy atom. The first-order chi connectivity index (χ1) is 11.3. The Morgan fingerprint density at radius 1 is 1.54 bits per heavy atom. The molecule has 0 spiro atoms. The minimum Gasteiger partial charge on any atom is -0.354 e. The Labute approximate surface area is 147 Å². The van der Waals surface area contributed by atoms with Crippen LogP contribution in [0.5, 0.6) is 0 Å². The van der Waals surface area contributed by atoms with Crippen molar-refractivity contribution in [1.29, 1.82) is 5.26 Å². The number of hydrogen-bond donors (Lipinski definition) is 3. The second-order valence-corrected chi connectivity index (χ2v) is 9.22. The zero-order valence-corrected chi connectivity index (χ0v) is 15.0. The van der Waals surface area contributed by atoms with E-state index >= 15 is 0 Å². The van der Waals surface area contributed by atoms with E-state index in [1.54, 1.807) is 16.8 Å². The van der Waals surface area contributed by atoms with Crippen LogP contribution in [0.4, 0.5) is 5.82 Å². The fourth-order valence-electron chi connectivity index (χ4n) is 3.06. The Hall–Kier alpha value is -1.50. The van der Waals surface area contributed by atoms with E-state index in [-0.39, 0.29) is 17.0 Å². The van der Waals surface area contributed by atoms with Crippen LogP contribution >= 0.6 is 22.2 Å². The van der Waals surface area contributed by atoms with E-state index in [1.807, 2.05) is 19.9 Å². The SMILES string of the molecule is CC(N)c1cc(Cl)c2c(C#N)ncn2c1N1CCS(O)(O)C(C)C1. The highest BCUT2D eigenvalue weighted by atomic mass is 35.5. The molecule has 2 atom stereocenters. The summed E-state index contributed by atoms with van der Waals surface area (Å²) in [5.41, 5.74) is 7.77. The second kappa shape index (κ2) is 6.10. The molecule has 0 amide bonds. The molecule has 3 rings (SSSR count). The van der Waals surface area contributed by atoms with Crippen LogP contribution < -0.4 is 10.6 Å². The van der Waals surface area contributed by atoms with Gasteiger partial charge in [-0.25, -0.2) is 4.98 Å². The first-order valence-electron chi connectivity index (χ1n) is 7.61. The second-order valence-electron chi connectivity index (χ2n) is 6.16. The normalized spacial score (nSPS) is 23.0. The average molecular weight is 370 g/mol. The van der Waals surface area contributed by atoms with Gasteiger partial charge in [0.1, 0.15) is 23.7 Å². The van der Waals surface area contributed by atoms with Crippen molar-refractivity contribution < 1.29 is 9.11 Å². The predicted octanol–water partition coefficient (Wildman–Crippen LogP) is 2.84. The molecule has 1 aliphatic rings. The van der Waals surface area contributed by atoms with Crippen LogP contribution in [0.1, 0.15) is 31.1 Å². The van der Waals surface area contributed by atoms with E-state index in [0.29, 0.717) is 29.4 Å². The number of aromatic nitrogens is 2. The summed E-state index contributed by atoms with van der Waals surface area (Å²) in [5, 5.41) is 9.43. The van der Waals surface area contributed by atoms with E-state index in [1.165, 1.54) is 0 Å². The lowest BCUT2D eigenvalue weighted by Crippen LogP contribution is -2.44. The lowest BCUT2D eigenvalue weighted by Gasteiger charge is -2.47. The van der Waals surface area contributed by atoms with Gasteiger partial charge in [-0.2, -0.15) is 15.9 Å². The molecule has 130 valence electrons. The van der Waals surface area contributed by atoms with Gasteiger partial charge in [0.25, 0.3) is 0 Å². The maximum atomic E-state index is 10.1. The fourth-order valence-corrected chi connectivity index (χ4v) is 4.66. The van der Waals surface area contributed by atoms with Crippen LogP contribution in [0.15, 0.2) is 12.4 Å². The summed E-state index contributed by atoms with van der Waals surface area (Å²) in [7, 11) is -2.57. The third-order valence-corrected chi connectivity index (χ3v) is 6.95. The van der Waals surface area contributed by atoms with Crippen LogP contribution in [-0.2, 0) is 0 Å². The third kappa shape index (κ3) is 2.72. The summed E-state index contributed by atoms with van der Waals surface area (Å²) in [6.07, 6.45) is 1.57. The van der Waals surface area contributed by atoms with Gasteiger partial charge in [0.2, 0.25) is 0 Å². The molecular formula is C15H20ClN5O2S. The largest absolute Gasteiger partial charge is 0.354 e. The molecule has 0 saturated carbocycles. The first kappa shape index (κ1) is 17.3. The zero-order valence-electron chi connectivity index (χ0n) is 13.5. The number of pyridine rings is 1. The molecule has 1 fully saturated rings. The minimum absolute atomic E-state index is 0.253. The summed E-state index contributed by atoms with van der Waals surface area (Å²) in [5.74, 6) is 1.11.